The Hall–Kier alpha value is -0.820. The van der Waals surface area contributed by atoms with Gasteiger partial charge in [0, 0.05) is 6.04 Å². The molecule has 1 saturated carbocycles. The third-order valence-electron chi connectivity index (χ3n) is 4.29. The maximum Gasteiger partial charge on any atom is 0.00697 e. The highest BCUT2D eigenvalue weighted by Gasteiger charge is 2.21. The molecule has 0 heterocycles. The van der Waals surface area contributed by atoms with Crippen molar-refractivity contribution >= 4 is 0 Å². The topological polar surface area (TPSA) is 12.0 Å². The van der Waals surface area contributed by atoms with E-state index in [1.807, 2.05) is 0 Å². The zero-order chi connectivity index (χ0) is 13.0. The third kappa shape index (κ3) is 3.58. The molecule has 1 aromatic rings. The number of hydrogen-bond acceptors (Lipinski definition) is 1. The van der Waals surface area contributed by atoms with E-state index in [1.54, 1.807) is 5.56 Å². The van der Waals surface area contributed by atoms with Gasteiger partial charge >= 0.3 is 0 Å². The van der Waals surface area contributed by atoms with Gasteiger partial charge in [-0.2, -0.15) is 0 Å². The van der Waals surface area contributed by atoms with Gasteiger partial charge in [-0.15, -0.1) is 0 Å². The zero-order valence-corrected chi connectivity index (χ0v) is 12.1. The Morgan fingerprint density at radius 2 is 2.06 bits per heavy atom. The number of rotatable bonds is 4. The van der Waals surface area contributed by atoms with Gasteiger partial charge in [-0.3, -0.25) is 0 Å². The van der Waals surface area contributed by atoms with Crippen LogP contribution in [0.1, 0.15) is 49.3 Å². The van der Waals surface area contributed by atoms with Crippen molar-refractivity contribution in [3.63, 3.8) is 0 Å². The first-order valence-electron chi connectivity index (χ1n) is 7.48. The van der Waals surface area contributed by atoms with E-state index in [0.29, 0.717) is 0 Å². The highest BCUT2D eigenvalue weighted by Crippen LogP contribution is 2.28. The quantitative estimate of drug-likeness (QED) is 0.845. The summed E-state index contributed by atoms with van der Waals surface area (Å²) in [6, 6.07) is 7.64. The lowest BCUT2D eigenvalue weighted by Crippen LogP contribution is -2.34. The molecule has 1 fully saturated rings. The molecule has 1 heteroatoms. The molecule has 0 aliphatic heterocycles. The Morgan fingerprint density at radius 3 is 2.83 bits per heavy atom. The minimum atomic E-state index is 0.763. The molecule has 2 rings (SSSR count). The smallest absolute Gasteiger partial charge is 0.00697 e. The van der Waals surface area contributed by atoms with Crippen LogP contribution >= 0.6 is 0 Å². The van der Waals surface area contributed by atoms with Crippen molar-refractivity contribution in [3.05, 3.63) is 34.9 Å². The molecule has 1 N–H and O–H groups in total. The fraction of sp³-hybridized carbons (Fsp3) is 0.647. The fourth-order valence-corrected chi connectivity index (χ4v) is 3.28. The lowest BCUT2D eigenvalue weighted by Gasteiger charge is -2.30. The summed E-state index contributed by atoms with van der Waals surface area (Å²) in [5, 5.41) is 3.63. The summed E-state index contributed by atoms with van der Waals surface area (Å²) in [5.41, 5.74) is 4.43. The Labute approximate surface area is 112 Å². The molecule has 0 bridgehead atoms. The molecule has 0 radical (unpaired) electrons. The Balaban J connectivity index is 1.98. The van der Waals surface area contributed by atoms with Gasteiger partial charge < -0.3 is 5.32 Å². The second-order valence-electron chi connectivity index (χ2n) is 5.92. The van der Waals surface area contributed by atoms with Crippen LogP contribution in [0.2, 0.25) is 0 Å². The lowest BCUT2D eigenvalue weighted by molar-refractivity contribution is 0.287. The first-order valence-corrected chi connectivity index (χ1v) is 7.48. The van der Waals surface area contributed by atoms with Crippen LogP contribution in [0.5, 0.6) is 0 Å². The van der Waals surface area contributed by atoms with Crippen molar-refractivity contribution in [2.75, 3.05) is 6.54 Å². The van der Waals surface area contributed by atoms with Crippen molar-refractivity contribution in [2.24, 2.45) is 5.92 Å². The van der Waals surface area contributed by atoms with E-state index in [1.165, 1.54) is 43.2 Å². The molecule has 0 aromatic heterocycles. The zero-order valence-electron chi connectivity index (χ0n) is 12.1. The number of benzene rings is 1. The van der Waals surface area contributed by atoms with Gasteiger partial charge in [-0.05, 0) is 56.7 Å². The molecule has 1 aliphatic carbocycles. The molecule has 2 atom stereocenters. The van der Waals surface area contributed by atoms with Gasteiger partial charge in [0.1, 0.15) is 0 Å². The molecule has 1 nitrogen and oxygen atoms in total. The minimum absolute atomic E-state index is 0.763. The van der Waals surface area contributed by atoms with E-state index >= 15 is 0 Å². The van der Waals surface area contributed by atoms with Crippen LogP contribution in [0, 0.1) is 19.8 Å². The van der Waals surface area contributed by atoms with Crippen molar-refractivity contribution in [1.82, 2.24) is 5.32 Å². The largest absolute Gasteiger partial charge is 0.314 e. The second kappa shape index (κ2) is 6.38. The van der Waals surface area contributed by atoms with Crippen LogP contribution in [-0.2, 0) is 6.42 Å². The summed E-state index contributed by atoms with van der Waals surface area (Å²) in [6.45, 7) is 7.78. The van der Waals surface area contributed by atoms with Gasteiger partial charge in [0.15, 0.2) is 0 Å². The molecular formula is C17H27N. The maximum absolute atomic E-state index is 3.63. The summed E-state index contributed by atoms with van der Waals surface area (Å²) >= 11 is 0. The summed E-state index contributed by atoms with van der Waals surface area (Å²) in [6.07, 6.45) is 6.82. The molecule has 0 amide bonds. The summed E-state index contributed by atoms with van der Waals surface area (Å²) in [7, 11) is 0. The summed E-state index contributed by atoms with van der Waals surface area (Å²) in [5.74, 6) is 0.878. The van der Waals surface area contributed by atoms with Crippen molar-refractivity contribution < 1.29 is 0 Å². The average Bonchev–Trinajstić information content (AvgIpc) is 2.35. The van der Waals surface area contributed by atoms with E-state index in [0.717, 1.165) is 18.5 Å². The average molecular weight is 245 g/mol. The maximum atomic E-state index is 3.63. The predicted molar refractivity (Wildman–Crippen MR) is 79.0 cm³/mol. The van der Waals surface area contributed by atoms with E-state index in [9.17, 15) is 0 Å². The van der Waals surface area contributed by atoms with Crippen LogP contribution < -0.4 is 5.32 Å². The lowest BCUT2D eigenvalue weighted by atomic mass is 9.81. The first kappa shape index (κ1) is 13.6. The van der Waals surface area contributed by atoms with E-state index in [4.69, 9.17) is 0 Å². The standard InChI is InChI=1S/C17H27N/c1-4-18-17-7-5-6-15(12-17)11-16-10-13(2)8-9-14(16)3/h8-10,15,17-18H,4-7,11-12H2,1-3H3. The molecule has 0 saturated heterocycles. The summed E-state index contributed by atoms with van der Waals surface area (Å²) < 4.78 is 0. The molecule has 2 unspecified atom stereocenters. The SMILES string of the molecule is CCNC1CCCC(Cc2cc(C)ccc2C)C1. The highest BCUT2D eigenvalue weighted by atomic mass is 14.9. The van der Waals surface area contributed by atoms with E-state index in [-0.39, 0.29) is 0 Å². The molecule has 0 spiro atoms. The van der Waals surface area contributed by atoms with E-state index < -0.39 is 0 Å². The Bertz CT molecular complexity index is 381. The monoisotopic (exact) mass is 245 g/mol. The van der Waals surface area contributed by atoms with Crippen LogP contribution in [0.3, 0.4) is 0 Å². The van der Waals surface area contributed by atoms with Crippen molar-refractivity contribution in [1.29, 1.82) is 0 Å². The fourth-order valence-electron chi connectivity index (χ4n) is 3.28. The Kier molecular flexibility index (Phi) is 4.82. The van der Waals surface area contributed by atoms with Gasteiger partial charge in [0.05, 0.1) is 0 Å². The second-order valence-corrected chi connectivity index (χ2v) is 5.92. The van der Waals surface area contributed by atoms with Crippen LogP contribution in [0.25, 0.3) is 0 Å². The molecular weight excluding hydrogens is 218 g/mol. The number of nitrogens with one attached hydrogen (secondary N) is 1. The van der Waals surface area contributed by atoms with Crippen molar-refractivity contribution in [2.45, 2.75) is 58.9 Å². The van der Waals surface area contributed by atoms with Gasteiger partial charge in [-0.25, -0.2) is 0 Å². The van der Waals surface area contributed by atoms with Gasteiger partial charge in [-0.1, -0.05) is 43.5 Å². The minimum Gasteiger partial charge on any atom is -0.314 e. The predicted octanol–water partition coefficient (Wildman–Crippen LogP) is 4.01. The molecule has 1 aliphatic rings. The third-order valence-corrected chi connectivity index (χ3v) is 4.29. The van der Waals surface area contributed by atoms with Crippen LogP contribution in [0.15, 0.2) is 18.2 Å². The van der Waals surface area contributed by atoms with Gasteiger partial charge in [0.25, 0.3) is 0 Å². The van der Waals surface area contributed by atoms with E-state index in [2.05, 4.69) is 44.3 Å². The summed E-state index contributed by atoms with van der Waals surface area (Å²) in [4.78, 5) is 0. The Morgan fingerprint density at radius 1 is 1.22 bits per heavy atom. The van der Waals surface area contributed by atoms with Gasteiger partial charge in [0.2, 0.25) is 0 Å². The molecule has 18 heavy (non-hydrogen) atoms. The number of hydrogen-bond donors (Lipinski definition) is 1. The molecule has 100 valence electrons. The van der Waals surface area contributed by atoms with Crippen molar-refractivity contribution in [3.8, 4) is 0 Å². The normalized spacial score (nSPS) is 24.2. The molecule has 1 aromatic carbocycles. The van der Waals surface area contributed by atoms with Crippen LogP contribution in [0.4, 0.5) is 0 Å². The number of aryl methyl sites for hydroxylation is 2. The highest BCUT2D eigenvalue weighted by molar-refractivity contribution is 5.30. The first-order chi connectivity index (χ1) is 8.69. The van der Waals surface area contributed by atoms with Crippen LogP contribution in [-0.4, -0.2) is 12.6 Å².